The van der Waals surface area contributed by atoms with E-state index in [2.05, 4.69) is 17.0 Å². The first-order valence-corrected chi connectivity index (χ1v) is 11.6. The second-order valence-corrected chi connectivity index (χ2v) is 9.49. The Hall–Kier alpha value is -2.24. The van der Waals surface area contributed by atoms with Gasteiger partial charge in [-0.25, -0.2) is 4.39 Å². The lowest BCUT2D eigenvalue weighted by atomic mass is 9.60. The highest BCUT2D eigenvalue weighted by Crippen LogP contribution is 2.54. The average Bonchev–Trinajstić information content (AvgIpc) is 2.78. The number of aliphatic hydroxyl groups excluding tert-OH is 1. The van der Waals surface area contributed by atoms with Gasteiger partial charge in [0.25, 0.3) is 0 Å². The van der Waals surface area contributed by atoms with Crippen molar-refractivity contribution < 1.29 is 14.3 Å². The molecule has 0 unspecified atom stereocenters. The molecule has 2 aromatic rings. The molecule has 4 nitrogen and oxygen atoms in total. The zero-order valence-corrected chi connectivity index (χ0v) is 17.9. The van der Waals surface area contributed by atoms with Crippen molar-refractivity contribution in [2.75, 3.05) is 19.7 Å². The van der Waals surface area contributed by atoms with Crippen LogP contribution in [0.3, 0.4) is 0 Å². The van der Waals surface area contributed by atoms with Crippen molar-refractivity contribution in [1.82, 2.24) is 9.80 Å². The number of hydrogen-bond acceptors (Lipinski definition) is 3. The molecule has 164 valence electrons. The number of likely N-dealkylation sites (tertiary alicyclic amines) is 2. The minimum atomic E-state index is -0.235. The maximum absolute atomic E-state index is 14.4. The fourth-order valence-electron chi connectivity index (χ4n) is 6.20. The fraction of sp³-hybridized carbons (Fsp3) is 0.500. The Labute approximate surface area is 183 Å². The van der Waals surface area contributed by atoms with Crippen LogP contribution in [0.5, 0.6) is 0 Å². The largest absolute Gasteiger partial charge is 0.395 e. The first-order chi connectivity index (χ1) is 15.1. The zero-order valence-electron chi connectivity index (χ0n) is 17.9. The van der Waals surface area contributed by atoms with Gasteiger partial charge >= 0.3 is 0 Å². The summed E-state index contributed by atoms with van der Waals surface area (Å²) in [4.78, 5) is 17.4. The molecule has 31 heavy (non-hydrogen) atoms. The number of carbonyl (C=O) groups is 1. The SMILES string of the molecule is O=C(C1CCCCC1)N1CC2(C1)[C@H](c1ccccc1)[C@@H](CO)N2Cc1ccccc1F. The van der Waals surface area contributed by atoms with E-state index in [0.717, 1.165) is 25.7 Å². The lowest BCUT2D eigenvalue weighted by molar-refractivity contribution is -0.202. The average molecular weight is 423 g/mol. The number of hydrogen-bond donors (Lipinski definition) is 1. The molecule has 3 fully saturated rings. The first kappa shape index (κ1) is 20.7. The van der Waals surface area contributed by atoms with E-state index in [1.54, 1.807) is 6.07 Å². The fourth-order valence-corrected chi connectivity index (χ4v) is 6.20. The van der Waals surface area contributed by atoms with Crippen LogP contribution in [0.25, 0.3) is 0 Å². The normalized spacial score (nSPS) is 25.8. The van der Waals surface area contributed by atoms with Crippen LogP contribution in [0, 0.1) is 11.7 Å². The Bertz CT molecular complexity index is 922. The number of amides is 1. The van der Waals surface area contributed by atoms with Crippen LogP contribution in [0.2, 0.25) is 0 Å². The number of rotatable bonds is 5. The summed E-state index contributed by atoms with van der Waals surface area (Å²) in [6.45, 7) is 1.79. The van der Waals surface area contributed by atoms with Crippen molar-refractivity contribution in [3.63, 3.8) is 0 Å². The van der Waals surface area contributed by atoms with Gasteiger partial charge in [-0.2, -0.15) is 0 Å². The van der Waals surface area contributed by atoms with Gasteiger partial charge in [0.2, 0.25) is 5.91 Å². The molecule has 0 bridgehead atoms. The summed E-state index contributed by atoms with van der Waals surface area (Å²) in [5, 5.41) is 10.3. The second kappa shape index (κ2) is 8.36. The molecule has 1 amide bonds. The standard InChI is InChI=1S/C26H31FN2O2/c27-22-14-8-7-13-21(22)15-29-23(16-30)24(19-9-3-1-4-10-19)26(29)17-28(18-26)25(31)20-11-5-2-6-12-20/h1,3-4,7-10,13-14,20,23-24,30H,2,5-6,11-12,15-18H2/t23-,24-/m1/s1. The van der Waals surface area contributed by atoms with E-state index >= 15 is 0 Å². The Balaban J connectivity index is 1.41. The van der Waals surface area contributed by atoms with E-state index in [9.17, 15) is 14.3 Å². The molecule has 2 aliphatic heterocycles. The highest BCUT2D eigenvalue weighted by atomic mass is 19.1. The quantitative estimate of drug-likeness (QED) is 0.794. The van der Waals surface area contributed by atoms with E-state index in [1.807, 2.05) is 35.2 Å². The maximum atomic E-state index is 14.4. The topological polar surface area (TPSA) is 43.8 Å². The highest BCUT2D eigenvalue weighted by molar-refractivity contribution is 5.80. The molecular formula is C26H31FN2O2. The van der Waals surface area contributed by atoms with Crippen LogP contribution in [-0.2, 0) is 11.3 Å². The molecule has 5 heteroatoms. The molecule has 1 aliphatic carbocycles. The van der Waals surface area contributed by atoms with Gasteiger partial charge in [0.05, 0.1) is 12.1 Å². The van der Waals surface area contributed by atoms with Crippen molar-refractivity contribution >= 4 is 5.91 Å². The summed E-state index contributed by atoms with van der Waals surface area (Å²) >= 11 is 0. The zero-order chi connectivity index (χ0) is 21.4. The summed E-state index contributed by atoms with van der Waals surface area (Å²) in [5.41, 5.74) is 1.60. The Morgan fingerprint density at radius 2 is 1.68 bits per heavy atom. The molecule has 2 saturated heterocycles. The van der Waals surface area contributed by atoms with Crippen LogP contribution >= 0.6 is 0 Å². The van der Waals surface area contributed by atoms with Gasteiger partial charge in [0.1, 0.15) is 5.82 Å². The predicted molar refractivity (Wildman–Crippen MR) is 118 cm³/mol. The number of halogens is 1. The smallest absolute Gasteiger partial charge is 0.225 e. The van der Waals surface area contributed by atoms with Gasteiger partial charge in [-0.15, -0.1) is 0 Å². The molecule has 1 spiro atoms. The number of nitrogens with zero attached hydrogens (tertiary/aromatic N) is 2. The van der Waals surface area contributed by atoms with Gasteiger partial charge in [-0.05, 0) is 24.5 Å². The third-order valence-corrected chi connectivity index (χ3v) is 7.78. The summed E-state index contributed by atoms with van der Waals surface area (Å²) in [5.74, 6) is 0.373. The van der Waals surface area contributed by atoms with Crippen molar-refractivity contribution in [1.29, 1.82) is 0 Å². The van der Waals surface area contributed by atoms with Gasteiger partial charge in [0, 0.05) is 43.1 Å². The Morgan fingerprint density at radius 1 is 1.00 bits per heavy atom. The van der Waals surface area contributed by atoms with Crippen LogP contribution in [0.15, 0.2) is 54.6 Å². The molecule has 3 aliphatic rings. The van der Waals surface area contributed by atoms with E-state index in [-0.39, 0.29) is 41.7 Å². The van der Waals surface area contributed by atoms with E-state index < -0.39 is 0 Å². The molecule has 1 N–H and O–H groups in total. The van der Waals surface area contributed by atoms with Crippen molar-refractivity contribution in [2.45, 2.75) is 56.1 Å². The minimum absolute atomic E-state index is 0.0202. The molecule has 0 radical (unpaired) electrons. The summed E-state index contributed by atoms with van der Waals surface area (Å²) in [7, 11) is 0. The van der Waals surface area contributed by atoms with Crippen molar-refractivity contribution in [3.8, 4) is 0 Å². The van der Waals surface area contributed by atoms with Crippen LogP contribution in [-0.4, -0.2) is 52.1 Å². The van der Waals surface area contributed by atoms with Gasteiger partial charge in [-0.1, -0.05) is 67.8 Å². The molecule has 5 rings (SSSR count). The maximum Gasteiger partial charge on any atom is 0.225 e. The third kappa shape index (κ3) is 3.48. The number of aliphatic hydroxyl groups is 1. The lowest BCUT2D eigenvalue weighted by Crippen LogP contribution is -2.84. The first-order valence-electron chi connectivity index (χ1n) is 11.6. The summed E-state index contributed by atoms with van der Waals surface area (Å²) in [6.07, 6.45) is 5.53. The second-order valence-electron chi connectivity index (χ2n) is 9.49. The van der Waals surface area contributed by atoms with E-state index in [0.29, 0.717) is 25.2 Å². The number of benzene rings is 2. The van der Waals surface area contributed by atoms with Gasteiger partial charge in [0.15, 0.2) is 0 Å². The third-order valence-electron chi connectivity index (χ3n) is 7.78. The van der Waals surface area contributed by atoms with E-state index in [4.69, 9.17) is 0 Å². The van der Waals surface area contributed by atoms with E-state index in [1.165, 1.54) is 18.1 Å². The van der Waals surface area contributed by atoms with Crippen molar-refractivity contribution in [3.05, 3.63) is 71.5 Å². The van der Waals surface area contributed by atoms with Crippen molar-refractivity contribution in [2.24, 2.45) is 5.92 Å². The van der Waals surface area contributed by atoms with Crippen LogP contribution in [0.4, 0.5) is 4.39 Å². The van der Waals surface area contributed by atoms with Gasteiger partial charge in [-0.3, -0.25) is 9.69 Å². The van der Waals surface area contributed by atoms with Crippen LogP contribution < -0.4 is 0 Å². The monoisotopic (exact) mass is 422 g/mol. The molecule has 0 aromatic heterocycles. The highest BCUT2D eigenvalue weighted by Gasteiger charge is 2.66. The lowest BCUT2D eigenvalue weighted by Gasteiger charge is -2.71. The molecular weight excluding hydrogens is 391 g/mol. The Kier molecular flexibility index (Phi) is 5.57. The number of carbonyl (C=O) groups excluding carboxylic acids is 1. The molecule has 2 atom stereocenters. The molecule has 2 aromatic carbocycles. The van der Waals surface area contributed by atoms with Gasteiger partial charge < -0.3 is 10.0 Å². The Morgan fingerprint density at radius 3 is 2.35 bits per heavy atom. The summed E-state index contributed by atoms with van der Waals surface area (Å²) in [6, 6.07) is 17.1. The summed E-state index contributed by atoms with van der Waals surface area (Å²) < 4.78 is 14.4. The molecule has 1 saturated carbocycles. The molecule has 2 heterocycles. The predicted octanol–water partition coefficient (Wildman–Crippen LogP) is 3.95. The van der Waals surface area contributed by atoms with Crippen LogP contribution in [0.1, 0.15) is 49.1 Å². The minimum Gasteiger partial charge on any atom is -0.395 e.